The van der Waals surface area contributed by atoms with Gasteiger partial charge in [-0.25, -0.2) is 9.97 Å². The van der Waals surface area contributed by atoms with Crippen LogP contribution in [0.25, 0.3) is 21.1 Å². The lowest BCUT2D eigenvalue weighted by atomic mass is 10.2. The highest BCUT2D eigenvalue weighted by atomic mass is 32.1. The van der Waals surface area contributed by atoms with Crippen molar-refractivity contribution in [1.82, 2.24) is 24.8 Å². The predicted octanol–water partition coefficient (Wildman–Crippen LogP) is 3.58. The Labute approximate surface area is 208 Å². The summed E-state index contributed by atoms with van der Waals surface area (Å²) in [7, 11) is 0. The molecule has 0 atom stereocenters. The van der Waals surface area contributed by atoms with E-state index in [1.54, 1.807) is 11.3 Å². The number of hydrogen-bond acceptors (Lipinski definition) is 7. The third kappa shape index (κ3) is 4.28. The van der Waals surface area contributed by atoms with Crippen LogP contribution in [0, 0.1) is 13.8 Å². The first-order valence-corrected chi connectivity index (χ1v) is 13.1. The van der Waals surface area contributed by atoms with E-state index in [9.17, 15) is 4.79 Å². The molecule has 0 aliphatic carbocycles. The van der Waals surface area contributed by atoms with Crippen molar-refractivity contribution in [2.24, 2.45) is 0 Å². The van der Waals surface area contributed by atoms with Crippen LogP contribution in [-0.4, -0.2) is 83.1 Å². The molecule has 0 radical (unpaired) electrons. The Hall–Kier alpha value is -3.01. The minimum Gasteiger partial charge on any atom is -0.379 e. The monoisotopic (exact) mass is 490 g/mol. The third-order valence-electron chi connectivity index (χ3n) is 7.15. The Bertz CT molecular complexity index is 1350. The van der Waals surface area contributed by atoms with Gasteiger partial charge in [-0.2, -0.15) is 0 Å². The van der Waals surface area contributed by atoms with Crippen molar-refractivity contribution < 1.29 is 9.53 Å². The van der Waals surface area contributed by atoms with E-state index in [4.69, 9.17) is 14.7 Å². The van der Waals surface area contributed by atoms with Gasteiger partial charge in [0, 0.05) is 55.0 Å². The molecule has 4 aromatic rings. The van der Waals surface area contributed by atoms with Crippen molar-refractivity contribution in [2.45, 2.75) is 20.4 Å². The highest BCUT2D eigenvalue weighted by Crippen LogP contribution is 2.35. The number of ether oxygens (including phenoxy) is 1. The number of anilines is 1. The molecule has 8 nitrogen and oxygen atoms in total. The number of thiophene rings is 1. The number of aryl methyl sites for hydroxylation is 2. The predicted molar refractivity (Wildman–Crippen MR) is 139 cm³/mol. The second-order valence-electron chi connectivity index (χ2n) is 9.36. The molecule has 0 spiro atoms. The Balaban J connectivity index is 1.23. The van der Waals surface area contributed by atoms with Crippen LogP contribution in [0.3, 0.4) is 0 Å². The molecular formula is C26H30N6O2S. The van der Waals surface area contributed by atoms with Crippen molar-refractivity contribution in [1.29, 1.82) is 0 Å². The maximum atomic E-state index is 13.2. The Morgan fingerprint density at radius 2 is 1.83 bits per heavy atom. The fourth-order valence-corrected chi connectivity index (χ4v) is 6.05. The lowest BCUT2D eigenvalue weighted by Gasteiger charge is -2.36. The number of carbonyl (C=O) groups excluding carboxylic acids is 1. The van der Waals surface area contributed by atoms with Gasteiger partial charge in [-0.15, -0.1) is 11.3 Å². The SMILES string of the molecule is Cc1sc2nc(CN3CCOCC3)nc(N3CCN(C(=O)c4cc5ccccc5[nH]4)CC3)c2c1C. The molecule has 35 heavy (non-hydrogen) atoms. The zero-order chi connectivity index (χ0) is 23.9. The number of benzene rings is 1. The van der Waals surface area contributed by atoms with Gasteiger partial charge in [-0.3, -0.25) is 9.69 Å². The van der Waals surface area contributed by atoms with Gasteiger partial charge < -0.3 is 19.5 Å². The largest absolute Gasteiger partial charge is 0.379 e. The summed E-state index contributed by atoms with van der Waals surface area (Å²) in [4.78, 5) is 35.5. The van der Waals surface area contributed by atoms with Crippen LogP contribution in [0.2, 0.25) is 0 Å². The van der Waals surface area contributed by atoms with E-state index in [0.717, 1.165) is 78.7 Å². The normalized spacial score (nSPS) is 17.5. The summed E-state index contributed by atoms with van der Waals surface area (Å²) in [6.07, 6.45) is 0. The van der Waals surface area contributed by atoms with Crippen molar-refractivity contribution in [2.75, 3.05) is 57.4 Å². The second kappa shape index (κ2) is 9.22. The minimum atomic E-state index is 0.0595. The van der Waals surface area contributed by atoms with E-state index in [2.05, 4.69) is 28.6 Å². The number of amides is 1. The van der Waals surface area contributed by atoms with Gasteiger partial charge in [0.25, 0.3) is 5.91 Å². The number of aromatic amines is 1. The Morgan fingerprint density at radius 3 is 2.60 bits per heavy atom. The van der Waals surface area contributed by atoms with Crippen LogP contribution in [0.1, 0.15) is 26.8 Å². The highest BCUT2D eigenvalue weighted by Gasteiger charge is 2.27. The molecule has 0 saturated carbocycles. The lowest BCUT2D eigenvalue weighted by molar-refractivity contribution is 0.0331. The first-order chi connectivity index (χ1) is 17.1. The van der Waals surface area contributed by atoms with Gasteiger partial charge >= 0.3 is 0 Å². The number of carbonyl (C=O) groups is 1. The molecule has 182 valence electrons. The van der Waals surface area contributed by atoms with E-state index in [1.807, 2.05) is 35.2 Å². The molecule has 1 amide bonds. The van der Waals surface area contributed by atoms with Crippen LogP contribution in [0.4, 0.5) is 5.82 Å². The van der Waals surface area contributed by atoms with Gasteiger partial charge in [0.1, 0.15) is 22.2 Å². The van der Waals surface area contributed by atoms with Crippen LogP contribution in [0.5, 0.6) is 0 Å². The number of hydrogen-bond donors (Lipinski definition) is 1. The average molecular weight is 491 g/mol. The summed E-state index contributed by atoms with van der Waals surface area (Å²) in [5.41, 5.74) is 2.91. The first-order valence-electron chi connectivity index (χ1n) is 12.3. The molecule has 2 saturated heterocycles. The average Bonchev–Trinajstić information content (AvgIpc) is 3.44. The number of piperazine rings is 1. The molecule has 1 N–H and O–H groups in total. The second-order valence-corrected chi connectivity index (χ2v) is 10.6. The zero-order valence-corrected chi connectivity index (χ0v) is 21.0. The number of nitrogens with zero attached hydrogens (tertiary/aromatic N) is 5. The van der Waals surface area contributed by atoms with Crippen molar-refractivity contribution in [3.05, 3.63) is 52.3 Å². The third-order valence-corrected chi connectivity index (χ3v) is 8.25. The summed E-state index contributed by atoms with van der Waals surface area (Å²) in [5, 5.41) is 2.22. The van der Waals surface area contributed by atoms with Crippen molar-refractivity contribution >= 4 is 44.2 Å². The molecule has 1 aromatic carbocycles. The number of morpholine rings is 1. The molecule has 6 rings (SSSR count). The summed E-state index contributed by atoms with van der Waals surface area (Å²) in [5.74, 6) is 1.94. The molecule has 0 bridgehead atoms. The number of aromatic nitrogens is 3. The summed E-state index contributed by atoms with van der Waals surface area (Å²) >= 11 is 1.75. The quantitative estimate of drug-likeness (QED) is 0.471. The van der Waals surface area contributed by atoms with Gasteiger partial charge in [0.15, 0.2) is 0 Å². The van der Waals surface area contributed by atoms with Crippen LogP contribution >= 0.6 is 11.3 Å². The smallest absolute Gasteiger partial charge is 0.270 e. The summed E-state index contributed by atoms with van der Waals surface area (Å²) in [6, 6.07) is 9.96. The van der Waals surface area contributed by atoms with Gasteiger partial charge in [0.2, 0.25) is 0 Å². The standard InChI is InChI=1S/C26H30N6O2S/c1-17-18(2)35-25-23(17)24(28-22(29-25)16-30-11-13-34-14-12-30)31-7-9-32(10-8-31)26(33)21-15-19-5-3-4-6-20(19)27-21/h3-6,15,27H,7-14,16H2,1-2H3. The van der Waals surface area contributed by atoms with Crippen molar-refractivity contribution in [3.63, 3.8) is 0 Å². The zero-order valence-electron chi connectivity index (χ0n) is 20.2. The molecule has 0 unspecified atom stereocenters. The van der Waals surface area contributed by atoms with Gasteiger partial charge in [-0.05, 0) is 31.5 Å². The van der Waals surface area contributed by atoms with E-state index in [0.29, 0.717) is 18.8 Å². The van der Waals surface area contributed by atoms with Crippen LogP contribution in [-0.2, 0) is 11.3 Å². The van der Waals surface area contributed by atoms with E-state index in [-0.39, 0.29) is 5.91 Å². The number of H-pyrrole nitrogens is 1. The number of fused-ring (bicyclic) bond motifs is 2. The summed E-state index contributed by atoms with van der Waals surface area (Å²) < 4.78 is 5.50. The number of para-hydroxylation sites is 1. The molecule has 3 aromatic heterocycles. The topological polar surface area (TPSA) is 77.6 Å². The maximum absolute atomic E-state index is 13.2. The molecule has 5 heterocycles. The van der Waals surface area contributed by atoms with Crippen molar-refractivity contribution in [3.8, 4) is 0 Å². The fraction of sp³-hybridized carbons (Fsp3) is 0.423. The van der Waals surface area contributed by atoms with Gasteiger partial charge in [0.05, 0.1) is 25.1 Å². The van der Waals surface area contributed by atoms with Crippen LogP contribution in [0.15, 0.2) is 30.3 Å². The summed E-state index contributed by atoms with van der Waals surface area (Å²) in [6.45, 7) is 11.2. The molecule has 2 fully saturated rings. The van der Waals surface area contributed by atoms with E-state index < -0.39 is 0 Å². The number of nitrogens with one attached hydrogen (secondary N) is 1. The minimum absolute atomic E-state index is 0.0595. The lowest BCUT2D eigenvalue weighted by Crippen LogP contribution is -2.49. The van der Waals surface area contributed by atoms with Gasteiger partial charge in [-0.1, -0.05) is 18.2 Å². The fourth-order valence-electron chi connectivity index (χ4n) is 5.01. The van der Waals surface area contributed by atoms with Crippen LogP contribution < -0.4 is 4.90 Å². The number of rotatable bonds is 4. The van der Waals surface area contributed by atoms with E-state index in [1.165, 1.54) is 10.4 Å². The highest BCUT2D eigenvalue weighted by molar-refractivity contribution is 7.18. The molecule has 2 aliphatic heterocycles. The molecule has 2 aliphatic rings. The Kier molecular flexibility index (Phi) is 5.91. The molecular weight excluding hydrogens is 460 g/mol. The maximum Gasteiger partial charge on any atom is 0.270 e. The molecule has 9 heteroatoms. The van der Waals surface area contributed by atoms with E-state index >= 15 is 0 Å². The first kappa shape index (κ1) is 22.5. The Morgan fingerprint density at radius 1 is 1.06 bits per heavy atom.